The van der Waals surface area contributed by atoms with Crippen molar-refractivity contribution in [2.24, 2.45) is 0 Å². The third-order valence-corrected chi connectivity index (χ3v) is 6.20. The van der Waals surface area contributed by atoms with E-state index in [4.69, 9.17) is 4.74 Å². The van der Waals surface area contributed by atoms with Crippen LogP contribution < -0.4 is 0 Å². The molecular formula is C27H31NO2. The van der Waals surface area contributed by atoms with E-state index < -0.39 is 5.60 Å². The van der Waals surface area contributed by atoms with Gasteiger partial charge >= 0.3 is 0 Å². The van der Waals surface area contributed by atoms with Crippen LogP contribution in [0, 0.1) is 13.8 Å². The van der Waals surface area contributed by atoms with Crippen molar-refractivity contribution in [3.8, 4) is 0 Å². The fourth-order valence-corrected chi connectivity index (χ4v) is 4.46. The molecule has 1 N–H and O–H groups in total. The van der Waals surface area contributed by atoms with Gasteiger partial charge in [0.05, 0.1) is 13.2 Å². The Morgan fingerprint density at radius 3 is 2.20 bits per heavy atom. The van der Waals surface area contributed by atoms with Crippen LogP contribution in [0.4, 0.5) is 0 Å². The molecule has 3 heteroatoms. The van der Waals surface area contributed by atoms with Gasteiger partial charge in [-0.05, 0) is 30.5 Å². The van der Waals surface area contributed by atoms with Crippen LogP contribution in [0.25, 0.3) is 0 Å². The van der Waals surface area contributed by atoms with Crippen LogP contribution in [0.1, 0.15) is 33.7 Å². The van der Waals surface area contributed by atoms with Gasteiger partial charge in [-0.15, -0.1) is 0 Å². The normalized spacial score (nSPS) is 18.0. The summed E-state index contributed by atoms with van der Waals surface area (Å²) in [7, 11) is 0. The molecule has 0 bridgehead atoms. The monoisotopic (exact) mass is 401 g/mol. The number of benzene rings is 3. The summed E-state index contributed by atoms with van der Waals surface area (Å²) in [5, 5.41) is 12.6. The second-order valence-electron chi connectivity index (χ2n) is 8.38. The predicted octanol–water partition coefficient (Wildman–Crippen LogP) is 4.66. The first kappa shape index (κ1) is 20.8. The second-order valence-corrected chi connectivity index (χ2v) is 8.38. The predicted molar refractivity (Wildman–Crippen MR) is 122 cm³/mol. The van der Waals surface area contributed by atoms with Crippen molar-refractivity contribution in [3.05, 3.63) is 107 Å². The molecule has 156 valence electrons. The van der Waals surface area contributed by atoms with E-state index in [0.29, 0.717) is 0 Å². The van der Waals surface area contributed by atoms with E-state index in [1.165, 1.54) is 5.56 Å². The molecule has 3 aromatic carbocycles. The molecule has 1 fully saturated rings. The summed E-state index contributed by atoms with van der Waals surface area (Å²) in [6, 6.07) is 27.1. The van der Waals surface area contributed by atoms with Gasteiger partial charge in [-0.1, -0.05) is 90.0 Å². The van der Waals surface area contributed by atoms with E-state index in [9.17, 15) is 5.11 Å². The SMILES string of the molecule is Cc1ccc([C@@](O)(c2cccc(C)c2)[C@@H](CN2CCOCC2)c2ccccc2)cc1. The van der Waals surface area contributed by atoms with Crippen LogP contribution in [0.15, 0.2) is 78.9 Å². The summed E-state index contributed by atoms with van der Waals surface area (Å²) >= 11 is 0. The highest BCUT2D eigenvalue weighted by Crippen LogP contribution is 2.43. The van der Waals surface area contributed by atoms with Crippen molar-refractivity contribution in [1.29, 1.82) is 0 Å². The molecule has 4 rings (SSSR count). The average molecular weight is 402 g/mol. The Hall–Kier alpha value is -2.46. The summed E-state index contributed by atoms with van der Waals surface area (Å²) in [5.41, 5.74) is 4.22. The zero-order valence-electron chi connectivity index (χ0n) is 17.9. The van der Waals surface area contributed by atoms with E-state index >= 15 is 0 Å². The molecule has 1 saturated heterocycles. The van der Waals surface area contributed by atoms with Crippen LogP contribution in [0.3, 0.4) is 0 Å². The number of hydrogen-bond acceptors (Lipinski definition) is 3. The Morgan fingerprint density at radius 2 is 1.53 bits per heavy atom. The summed E-state index contributed by atoms with van der Waals surface area (Å²) in [5.74, 6) is -0.110. The van der Waals surface area contributed by atoms with E-state index in [0.717, 1.165) is 55.1 Å². The van der Waals surface area contributed by atoms with Crippen molar-refractivity contribution in [2.75, 3.05) is 32.8 Å². The number of morpholine rings is 1. The molecule has 30 heavy (non-hydrogen) atoms. The first-order valence-corrected chi connectivity index (χ1v) is 10.8. The molecular weight excluding hydrogens is 370 g/mol. The fourth-order valence-electron chi connectivity index (χ4n) is 4.46. The first-order valence-electron chi connectivity index (χ1n) is 10.8. The van der Waals surface area contributed by atoms with Gasteiger partial charge in [0.15, 0.2) is 0 Å². The van der Waals surface area contributed by atoms with E-state index in [1.54, 1.807) is 0 Å². The molecule has 0 spiro atoms. The van der Waals surface area contributed by atoms with Gasteiger partial charge < -0.3 is 9.84 Å². The summed E-state index contributed by atoms with van der Waals surface area (Å²) in [6.07, 6.45) is 0. The van der Waals surface area contributed by atoms with Crippen LogP contribution >= 0.6 is 0 Å². The van der Waals surface area contributed by atoms with Gasteiger partial charge in [0.25, 0.3) is 0 Å². The second kappa shape index (κ2) is 9.13. The molecule has 1 heterocycles. The van der Waals surface area contributed by atoms with Crippen LogP contribution in [-0.2, 0) is 10.3 Å². The highest BCUT2D eigenvalue weighted by atomic mass is 16.5. The van der Waals surface area contributed by atoms with Crippen molar-refractivity contribution >= 4 is 0 Å². The van der Waals surface area contributed by atoms with E-state index in [2.05, 4.69) is 85.5 Å². The van der Waals surface area contributed by atoms with Crippen molar-refractivity contribution in [3.63, 3.8) is 0 Å². The molecule has 2 atom stereocenters. The Morgan fingerprint density at radius 1 is 0.833 bits per heavy atom. The van der Waals surface area contributed by atoms with Crippen molar-refractivity contribution in [1.82, 2.24) is 4.90 Å². The van der Waals surface area contributed by atoms with Gasteiger partial charge in [0.2, 0.25) is 0 Å². The van der Waals surface area contributed by atoms with Crippen molar-refractivity contribution < 1.29 is 9.84 Å². The lowest BCUT2D eigenvalue weighted by atomic mass is 9.72. The number of ether oxygens (including phenoxy) is 1. The molecule has 0 saturated carbocycles. The smallest absolute Gasteiger partial charge is 0.123 e. The average Bonchev–Trinajstić information content (AvgIpc) is 2.79. The standard InChI is InChI=1S/C27H31NO2/c1-21-11-13-24(14-12-21)27(29,25-10-6-7-22(2)19-25)26(23-8-4-3-5-9-23)20-28-15-17-30-18-16-28/h3-14,19,26,29H,15-18,20H2,1-2H3/t26-,27+/m0/s1. The third kappa shape index (κ3) is 4.34. The maximum atomic E-state index is 12.6. The largest absolute Gasteiger partial charge is 0.380 e. The minimum absolute atomic E-state index is 0.110. The molecule has 1 aliphatic heterocycles. The molecule has 0 radical (unpaired) electrons. The number of aryl methyl sites for hydroxylation is 2. The Bertz CT molecular complexity index is 948. The minimum Gasteiger partial charge on any atom is -0.380 e. The van der Waals surface area contributed by atoms with Gasteiger partial charge in [-0.25, -0.2) is 0 Å². The molecule has 0 amide bonds. The number of aliphatic hydroxyl groups is 1. The molecule has 0 aliphatic carbocycles. The molecule has 0 unspecified atom stereocenters. The van der Waals surface area contributed by atoms with E-state index in [1.807, 2.05) is 12.1 Å². The Labute approximate surface area is 179 Å². The lowest BCUT2D eigenvalue weighted by Gasteiger charge is -2.41. The highest BCUT2D eigenvalue weighted by Gasteiger charge is 2.42. The Kier molecular flexibility index (Phi) is 6.33. The van der Waals surface area contributed by atoms with Crippen LogP contribution in [-0.4, -0.2) is 42.9 Å². The summed E-state index contributed by atoms with van der Waals surface area (Å²) in [6.45, 7) is 8.20. The summed E-state index contributed by atoms with van der Waals surface area (Å²) in [4.78, 5) is 2.41. The highest BCUT2D eigenvalue weighted by molar-refractivity contribution is 5.44. The maximum absolute atomic E-state index is 12.6. The number of rotatable bonds is 6. The maximum Gasteiger partial charge on any atom is 0.123 e. The van der Waals surface area contributed by atoms with Gasteiger partial charge in [-0.3, -0.25) is 4.90 Å². The minimum atomic E-state index is -1.14. The Balaban J connectivity index is 1.86. The molecule has 3 aromatic rings. The number of hydrogen-bond donors (Lipinski definition) is 1. The molecule has 1 aliphatic rings. The van der Waals surface area contributed by atoms with Crippen LogP contribution in [0.5, 0.6) is 0 Å². The quantitative estimate of drug-likeness (QED) is 0.652. The molecule has 3 nitrogen and oxygen atoms in total. The fraction of sp³-hybridized carbons (Fsp3) is 0.333. The topological polar surface area (TPSA) is 32.7 Å². The first-order chi connectivity index (χ1) is 14.6. The van der Waals surface area contributed by atoms with Crippen molar-refractivity contribution in [2.45, 2.75) is 25.4 Å². The lowest BCUT2D eigenvalue weighted by molar-refractivity contribution is 0.000744. The van der Waals surface area contributed by atoms with Gasteiger partial charge in [0.1, 0.15) is 5.60 Å². The van der Waals surface area contributed by atoms with Gasteiger partial charge in [0, 0.05) is 25.6 Å². The summed E-state index contributed by atoms with van der Waals surface area (Å²) < 4.78 is 5.57. The zero-order valence-corrected chi connectivity index (χ0v) is 17.9. The van der Waals surface area contributed by atoms with Crippen LogP contribution in [0.2, 0.25) is 0 Å². The zero-order chi connectivity index (χ0) is 21.0. The lowest BCUT2D eigenvalue weighted by Crippen LogP contribution is -2.45. The molecule has 0 aromatic heterocycles. The van der Waals surface area contributed by atoms with Gasteiger partial charge in [-0.2, -0.15) is 0 Å². The third-order valence-electron chi connectivity index (χ3n) is 6.20. The number of nitrogens with zero attached hydrogens (tertiary/aromatic N) is 1. The van der Waals surface area contributed by atoms with E-state index in [-0.39, 0.29) is 5.92 Å².